The molecule has 0 aliphatic rings. The molecule has 0 N–H and O–H groups in total. The van der Waals surface area contributed by atoms with Crippen LogP contribution in [0, 0.1) is 0 Å². The van der Waals surface area contributed by atoms with Crippen molar-refractivity contribution in [2.45, 2.75) is 137 Å². The molecule has 0 aliphatic heterocycles. The summed E-state index contributed by atoms with van der Waals surface area (Å²) >= 11 is 0.893. The summed E-state index contributed by atoms with van der Waals surface area (Å²) in [4.78, 5) is 0. The van der Waals surface area contributed by atoms with Gasteiger partial charge in [-0.2, -0.15) is 0 Å². The van der Waals surface area contributed by atoms with Crippen LogP contribution in [0.4, 0.5) is 8.78 Å². The van der Waals surface area contributed by atoms with Gasteiger partial charge >= 0.3 is 185 Å². The minimum absolute atomic E-state index is 0.128. The first-order valence-electron chi connectivity index (χ1n) is 12.3. The predicted molar refractivity (Wildman–Crippen MR) is 125 cm³/mol. The molecule has 0 nitrogen and oxygen atoms in total. The molecule has 0 heterocycles. The summed E-state index contributed by atoms with van der Waals surface area (Å²) < 4.78 is 27.2. The van der Waals surface area contributed by atoms with Gasteiger partial charge < -0.3 is 0 Å². The van der Waals surface area contributed by atoms with E-state index in [1.807, 2.05) is 0 Å². The molecule has 0 atom stereocenters. The first-order chi connectivity index (χ1) is 13.9. The number of alkyl halides is 2. The second-order valence-electron chi connectivity index (χ2n) is 8.09. The van der Waals surface area contributed by atoms with Gasteiger partial charge in [0.1, 0.15) is 0 Å². The monoisotopic (exact) mass is 634 g/mol. The van der Waals surface area contributed by atoms with Crippen molar-refractivity contribution in [3.63, 3.8) is 0 Å². The Labute approximate surface area is 192 Å². The predicted octanol–water partition coefficient (Wildman–Crippen LogP) is 8.89. The molecule has 0 saturated carbocycles. The summed E-state index contributed by atoms with van der Waals surface area (Å²) in [6.07, 6.45) is 26.2. The van der Waals surface area contributed by atoms with E-state index in [4.69, 9.17) is 0 Å². The Hall–Kier alpha value is 1.44. The van der Waals surface area contributed by atoms with Crippen LogP contribution < -0.4 is 0 Å². The molecule has 0 aliphatic carbocycles. The SMILES string of the molecule is FCCCCCCCCCCCC[Te][Te]CCCCCCCCCCCCF. The summed E-state index contributed by atoms with van der Waals surface area (Å²) in [6, 6.07) is 0. The third kappa shape index (κ3) is 27.4. The summed E-state index contributed by atoms with van der Waals surface area (Å²) in [6.45, 7) is -0.256. The molecule has 0 bridgehead atoms. The Bertz CT molecular complexity index is 239. The van der Waals surface area contributed by atoms with Crippen LogP contribution in [-0.4, -0.2) is 47.5 Å². The van der Waals surface area contributed by atoms with E-state index < -0.39 is 0 Å². The molecule has 4 heteroatoms. The van der Waals surface area contributed by atoms with Gasteiger partial charge in [-0.3, -0.25) is 8.78 Å². The van der Waals surface area contributed by atoms with Crippen molar-refractivity contribution in [1.29, 1.82) is 0 Å². The van der Waals surface area contributed by atoms with Crippen LogP contribution in [-0.2, 0) is 0 Å². The fraction of sp³-hybridized carbons (Fsp3) is 1.00. The maximum absolute atomic E-state index is 12.0. The molecule has 0 spiro atoms. The number of unbranched alkanes of at least 4 members (excludes halogenated alkanes) is 18. The van der Waals surface area contributed by atoms with Gasteiger partial charge in [-0.1, -0.05) is 0 Å². The van der Waals surface area contributed by atoms with E-state index in [-0.39, 0.29) is 13.3 Å². The van der Waals surface area contributed by atoms with E-state index in [9.17, 15) is 8.78 Å². The molecule has 0 saturated heterocycles. The second kappa shape index (κ2) is 28.4. The van der Waals surface area contributed by atoms with Crippen LogP contribution in [0.3, 0.4) is 0 Å². The van der Waals surface area contributed by atoms with Crippen molar-refractivity contribution in [2.75, 3.05) is 13.3 Å². The molecule has 0 amide bonds. The molecule has 0 radical (unpaired) electrons. The normalized spacial score (nSPS) is 11.4. The van der Waals surface area contributed by atoms with E-state index in [0.29, 0.717) is 34.1 Å². The van der Waals surface area contributed by atoms with Crippen LogP contribution in [0.1, 0.15) is 128 Å². The van der Waals surface area contributed by atoms with Gasteiger partial charge in [0.25, 0.3) is 0 Å². The van der Waals surface area contributed by atoms with E-state index >= 15 is 0 Å². The number of hydrogen-bond acceptors (Lipinski definition) is 0. The molecule has 0 aromatic heterocycles. The van der Waals surface area contributed by atoms with E-state index in [0.717, 1.165) is 25.7 Å². The number of halogens is 2. The Morgan fingerprint density at radius 2 is 0.500 bits per heavy atom. The standard InChI is InChI=1S/C24H48F2Te2/c25-21-17-13-9-5-1-3-7-11-15-19-23-27-28-24-20-16-12-8-4-2-6-10-14-18-22-26/h1-24H2. The van der Waals surface area contributed by atoms with Crippen molar-refractivity contribution < 1.29 is 8.78 Å². The average molecular weight is 630 g/mol. The Morgan fingerprint density at radius 1 is 0.286 bits per heavy atom. The van der Waals surface area contributed by atoms with Crippen LogP contribution in [0.15, 0.2) is 0 Å². The van der Waals surface area contributed by atoms with Crippen LogP contribution in [0.25, 0.3) is 0 Å². The molecule has 0 aromatic carbocycles. The molecule has 0 unspecified atom stereocenters. The van der Waals surface area contributed by atoms with Crippen LogP contribution in [0.5, 0.6) is 0 Å². The van der Waals surface area contributed by atoms with Crippen LogP contribution in [0.2, 0.25) is 8.94 Å². The smallest absolute Gasteiger partial charge is 0.251 e. The summed E-state index contributed by atoms with van der Waals surface area (Å²) in [7, 11) is 0. The minimum atomic E-state index is -0.128. The molecule has 170 valence electrons. The van der Waals surface area contributed by atoms with Crippen molar-refractivity contribution >= 4 is 34.1 Å². The number of hydrogen-bond donors (Lipinski definition) is 0. The third-order valence-corrected chi connectivity index (χ3v) is 18.0. The molecule has 0 rings (SSSR count). The van der Waals surface area contributed by atoms with Gasteiger partial charge in [0.15, 0.2) is 0 Å². The van der Waals surface area contributed by atoms with Crippen molar-refractivity contribution in [1.82, 2.24) is 0 Å². The summed E-state index contributed by atoms with van der Waals surface area (Å²) in [5, 5.41) is 0. The zero-order valence-electron chi connectivity index (χ0n) is 18.5. The molecular formula is C24H48F2Te2. The Morgan fingerprint density at radius 3 is 0.750 bits per heavy atom. The fourth-order valence-electron chi connectivity index (χ4n) is 3.46. The van der Waals surface area contributed by atoms with Crippen molar-refractivity contribution in [3.8, 4) is 0 Å². The molecule has 28 heavy (non-hydrogen) atoms. The fourth-order valence-corrected chi connectivity index (χ4v) is 15.0. The van der Waals surface area contributed by atoms with E-state index in [2.05, 4.69) is 0 Å². The van der Waals surface area contributed by atoms with Gasteiger partial charge in [0.05, 0.1) is 0 Å². The van der Waals surface area contributed by atoms with Gasteiger partial charge in [0, 0.05) is 0 Å². The first-order valence-corrected chi connectivity index (χ1v) is 22.9. The first kappa shape index (κ1) is 29.4. The van der Waals surface area contributed by atoms with E-state index in [1.165, 1.54) is 103 Å². The van der Waals surface area contributed by atoms with Gasteiger partial charge in [-0.05, 0) is 0 Å². The zero-order valence-corrected chi connectivity index (χ0v) is 23.2. The second-order valence-corrected chi connectivity index (χ2v) is 20.8. The topological polar surface area (TPSA) is 0 Å². The van der Waals surface area contributed by atoms with E-state index in [1.54, 1.807) is 8.94 Å². The average Bonchev–Trinajstić information content (AvgIpc) is 2.71. The maximum atomic E-state index is 12.0. The molecule has 0 fully saturated rings. The summed E-state index contributed by atoms with van der Waals surface area (Å²) in [5.74, 6) is 0. The zero-order chi connectivity index (χ0) is 20.4. The molecule has 0 aromatic rings. The Kier molecular flexibility index (Phi) is 29.9. The van der Waals surface area contributed by atoms with Crippen LogP contribution >= 0.6 is 0 Å². The third-order valence-electron chi connectivity index (χ3n) is 5.31. The van der Waals surface area contributed by atoms with Gasteiger partial charge in [-0.15, -0.1) is 0 Å². The number of rotatable bonds is 25. The van der Waals surface area contributed by atoms with Crippen molar-refractivity contribution in [2.24, 2.45) is 0 Å². The van der Waals surface area contributed by atoms with Gasteiger partial charge in [-0.25, -0.2) is 0 Å². The summed E-state index contributed by atoms with van der Waals surface area (Å²) in [5.41, 5.74) is 0. The van der Waals surface area contributed by atoms with Crippen molar-refractivity contribution in [3.05, 3.63) is 0 Å². The molecular weight excluding hydrogens is 581 g/mol. The quantitative estimate of drug-likeness (QED) is 0.0699. The Balaban J connectivity index is 2.96. The minimum Gasteiger partial charge on any atom is -0.251 e. The van der Waals surface area contributed by atoms with Gasteiger partial charge in [0.2, 0.25) is 0 Å².